The van der Waals surface area contributed by atoms with Crippen molar-refractivity contribution in [1.29, 1.82) is 0 Å². The van der Waals surface area contributed by atoms with E-state index in [1.54, 1.807) is 0 Å². The van der Waals surface area contributed by atoms with Crippen LogP contribution >= 0.6 is 22.6 Å². The van der Waals surface area contributed by atoms with Crippen LogP contribution in [0.3, 0.4) is 0 Å². The van der Waals surface area contributed by atoms with Gasteiger partial charge in [0.2, 0.25) is 0 Å². The van der Waals surface area contributed by atoms with Crippen LogP contribution in [0.1, 0.15) is 17.3 Å². The highest BCUT2D eigenvalue weighted by molar-refractivity contribution is 14.1. The van der Waals surface area contributed by atoms with E-state index in [9.17, 15) is 9.59 Å². The first-order valence-electron chi connectivity index (χ1n) is 5.39. The van der Waals surface area contributed by atoms with Gasteiger partial charge in [0.1, 0.15) is 9.17 Å². The van der Waals surface area contributed by atoms with E-state index in [0.717, 1.165) is 6.54 Å². The van der Waals surface area contributed by atoms with Gasteiger partial charge in [-0.3, -0.25) is 4.79 Å². The number of carbonyl (C=O) groups excluding carboxylic acids is 1. The lowest BCUT2D eigenvalue weighted by Crippen LogP contribution is -2.39. The normalized spacial score (nSPS) is 20.9. The topological polar surface area (TPSA) is 85.5 Å². The van der Waals surface area contributed by atoms with Gasteiger partial charge in [-0.15, -0.1) is 0 Å². The molecular weight excluding hydrogens is 349 g/mol. The van der Waals surface area contributed by atoms with Crippen LogP contribution in [0.15, 0.2) is 24.3 Å². The number of alkyl halides is 1. The van der Waals surface area contributed by atoms with Crippen molar-refractivity contribution in [2.45, 2.75) is 16.4 Å². The molecule has 1 aliphatic heterocycles. The number of ether oxygens (including phenoxy) is 1. The van der Waals surface area contributed by atoms with E-state index in [1.807, 2.05) is 6.92 Å². The molecule has 2 rings (SSSR count). The van der Waals surface area contributed by atoms with Gasteiger partial charge in [-0.25, -0.2) is 4.79 Å². The summed E-state index contributed by atoms with van der Waals surface area (Å²) in [5.74, 6) is -0.983. The number of aromatic carboxylic acids is 1. The monoisotopic (exact) mass is 361 g/mol. The molecule has 1 fully saturated rings. The Morgan fingerprint density at radius 1 is 1.44 bits per heavy atom. The van der Waals surface area contributed by atoms with Gasteiger partial charge in [-0.2, -0.15) is 0 Å². The van der Waals surface area contributed by atoms with Crippen molar-refractivity contribution in [2.24, 2.45) is 0 Å². The van der Waals surface area contributed by atoms with Crippen LogP contribution < -0.4 is 10.1 Å². The molecule has 2 atom stereocenters. The Labute approximate surface area is 118 Å². The van der Waals surface area contributed by atoms with Crippen LogP contribution in [0.2, 0.25) is 0 Å². The second-order valence-electron chi connectivity index (χ2n) is 4.26. The van der Waals surface area contributed by atoms with Gasteiger partial charge in [-0.05, 0) is 31.2 Å². The number of carbonyl (C=O) groups is 2. The first-order valence-corrected chi connectivity index (χ1v) is 6.47. The number of halogens is 1. The Hall–Kier alpha value is -1.15. The Balaban J connectivity index is 2.05. The lowest BCUT2D eigenvalue weighted by atomic mass is 10.1. The zero-order valence-electron chi connectivity index (χ0n) is 9.64. The quantitative estimate of drug-likeness (QED) is 0.279. The van der Waals surface area contributed by atoms with Crippen LogP contribution in [-0.2, 0) is 4.79 Å². The molecule has 0 spiro atoms. The van der Waals surface area contributed by atoms with Gasteiger partial charge < -0.3 is 15.2 Å². The zero-order valence-corrected chi connectivity index (χ0v) is 11.8. The molecule has 0 aliphatic carbocycles. The first-order chi connectivity index (χ1) is 8.41. The van der Waals surface area contributed by atoms with E-state index in [2.05, 4.69) is 27.9 Å². The largest absolute Gasteiger partial charge is 0.478 e. The zero-order chi connectivity index (χ0) is 13.3. The summed E-state index contributed by atoms with van der Waals surface area (Å²) in [6.45, 7) is 2.62. The molecule has 0 aromatic heterocycles. The highest BCUT2D eigenvalue weighted by Crippen LogP contribution is 2.30. The molecule has 96 valence electrons. The number of rotatable bonds is 4. The van der Waals surface area contributed by atoms with Crippen molar-refractivity contribution in [3.63, 3.8) is 0 Å². The van der Waals surface area contributed by atoms with Crippen LogP contribution in [0, 0.1) is 0 Å². The number of hydrogen-bond acceptors (Lipinski definition) is 4. The second-order valence-corrected chi connectivity index (χ2v) is 6.50. The van der Waals surface area contributed by atoms with Gasteiger partial charge >= 0.3 is 11.9 Å². The summed E-state index contributed by atoms with van der Waals surface area (Å²) in [7, 11) is 0. The Morgan fingerprint density at radius 2 is 2.00 bits per heavy atom. The van der Waals surface area contributed by atoms with Crippen molar-refractivity contribution in [3.05, 3.63) is 29.8 Å². The number of carboxylic acid groups (broad SMARTS) is 1. The summed E-state index contributed by atoms with van der Waals surface area (Å²) in [4.78, 5) is 22.6. The fourth-order valence-electron chi connectivity index (χ4n) is 1.46. The average Bonchev–Trinajstić information content (AvgIpc) is 3.13. The van der Waals surface area contributed by atoms with Crippen molar-refractivity contribution in [3.8, 4) is 5.75 Å². The SMILES string of the molecule is CC(I)(C(=O)Oc1ccc(C(=O)O)cc1)C1CN1. The minimum atomic E-state index is -1.01. The molecule has 0 radical (unpaired) electrons. The number of benzene rings is 1. The van der Waals surface area contributed by atoms with Crippen LogP contribution in [0.4, 0.5) is 0 Å². The molecule has 0 bridgehead atoms. The number of carboxylic acids is 1. The summed E-state index contributed by atoms with van der Waals surface area (Å²) < 4.78 is 4.63. The lowest BCUT2D eigenvalue weighted by molar-refractivity contribution is -0.136. The van der Waals surface area contributed by atoms with Crippen molar-refractivity contribution in [2.75, 3.05) is 6.54 Å². The van der Waals surface area contributed by atoms with Gasteiger partial charge in [-0.1, -0.05) is 22.6 Å². The van der Waals surface area contributed by atoms with Gasteiger partial charge in [0.15, 0.2) is 0 Å². The molecule has 2 unspecified atom stereocenters. The van der Waals surface area contributed by atoms with Crippen molar-refractivity contribution in [1.82, 2.24) is 5.32 Å². The summed E-state index contributed by atoms with van der Waals surface area (Å²) in [5, 5.41) is 11.8. The fraction of sp³-hybridized carbons (Fsp3) is 0.333. The molecule has 6 heteroatoms. The number of nitrogens with one attached hydrogen (secondary N) is 1. The Morgan fingerprint density at radius 3 is 2.44 bits per heavy atom. The van der Waals surface area contributed by atoms with Crippen LogP contribution in [-0.4, -0.2) is 33.1 Å². The maximum absolute atomic E-state index is 11.9. The third-order valence-corrected chi connectivity index (χ3v) is 3.97. The van der Waals surface area contributed by atoms with Crippen molar-refractivity contribution >= 4 is 34.5 Å². The highest BCUT2D eigenvalue weighted by Gasteiger charge is 2.46. The van der Waals surface area contributed by atoms with E-state index >= 15 is 0 Å². The maximum atomic E-state index is 11.9. The summed E-state index contributed by atoms with van der Waals surface area (Å²) in [5.41, 5.74) is 0.163. The summed E-state index contributed by atoms with van der Waals surface area (Å²) in [6.07, 6.45) is 0. The van der Waals surface area contributed by atoms with E-state index < -0.39 is 9.39 Å². The molecule has 2 N–H and O–H groups in total. The molecule has 5 nitrogen and oxygen atoms in total. The molecule has 0 saturated carbocycles. The standard InChI is InChI=1S/C12H12INO4/c1-12(13,9-6-14-9)11(17)18-8-4-2-7(3-5-8)10(15)16/h2-5,9,14H,6H2,1H3,(H,15,16). The van der Waals surface area contributed by atoms with Gasteiger partial charge in [0, 0.05) is 12.6 Å². The molecule has 1 heterocycles. The maximum Gasteiger partial charge on any atom is 0.335 e. The van der Waals surface area contributed by atoms with Gasteiger partial charge in [0.25, 0.3) is 0 Å². The lowest BCUT2D eigenvalue weighted by Gasteiger charge is -2.18. The summed E-state index contributed by atoms with van der Waals surface area (Å²) >= 11 is 2.07. The van der Waals surface area contributed by atoms with Gasteiger partial charge in [0.05, 0.1) is 5.56 Å². The predicted molar refractivity (Wildman–Crippen MR) is 73.3 cm³/mol. The number of esters is 1. The average molecular weight is 361 g/mol. The van der Waals surface area contributed by atoms with E-state index in [-0.39, 0.29) is 17.6 Å². The highest BCUT2D eigenvalue weighted by atomic mass is 127. The Bertz CT molecular complexity index is 479. The van der Waals surface area contributed by atoms with Crippen LogP contribution in [0.25, 0.3) is 0 Å². The second kappa shape index (κ2) is 4.85. The third kappa shape index (κ3) is 2.81. The smallest absolute Gasteiger partial charge is 0.335 e. The van der Waals surface area contributed by atoms with E-state index in [4.69, 9.17) is 9.84 Å². The molecule has 18 heavy (non-hydrogen) atoms. The molecule has 0 amide bonds. The molecule has 1 saturated heterocycles. The van der Waals surface area contributed by atoms with Crippen LogP contribution in [0.5, 0.6) is 5.75 Å². The summed E-state index contributed by atoms with van der Waals surface area (Å²) in [6, 6.07) is 5.92. The third-order valence-electron chi connectivity index (χ3n) is 2.77. The first kappa shape index (κ1) is 13.3. The van der Waals surface area contributed by atoms with E-state index in [0.29, 0.717) is 5.75 Å². The minimum absolute atomic E-state index is 0.142. The molecule has 1 aliphatic rings. The number of hydrogen-bond donors (Lipinski definition) is 2. The minimum Gasteiger partial charge on any atom is -0.478 e. The molecule has 1 aromatic carbocycles. The molecule has 1 aromatic rings. The Kier molecular flexibility index (Phi) is 3.58. The molecular formula is C12H12INO4. The fourth-order valence-corrected chi connectivity index (χ4v) is 2.01. The van der Waals surface area contributed by atoms with E-state index in [1.165, 1.54) is 24.3 Å². The predicted octanol–water partition coefficient (Wildman–Crippen LogP) is 1.46. The van der Waals surface area contributed by atoms with Crippen molar-refractivity contribution < 1.29 is 19.4 Å².